The van der Waals surface area contributed by atoms with Crippen LogP contribution in [0.2, 0.25) is 0 Å². The van der Waals surface area contributed by atoms with Crippen LogP contribution in [0, 0.1) is 0 Å². The quantitative estimate of drug-likeness (QED) is 0.775. The van der Waals surface area contributed by atoms with Crippen LogP contribution in [0.25, 0.3) is 0 Å². The Morgan fingerprint density at radius 1 is 1.50 bits per heavy atom. The molecule has 0 saturated carbocycles. The second-order valence-electron chi connectivity index (χ2n) is 4.31. The van der Waals surface area contributed by atoms with Crippen LogP contribution in [-0.2, 0) is 11.0 Å². The summed E-state index contributed by atoms with van der Waals surface area (Å²) in [4.78, 5) is 14.9. The van der Waals surface area contributed by atoms with Gasteiger partial charge in [0.05, 0.1) is 17.6 Å². The minimum Gasteiger partial charge on any atom is -0.396 e. The van der Waals surface area contributed by atoms with Crippen molar-refractivity contribution in [1.29, 1.82) is 0 Å². The fourth-order valence-electron chi connectivity index (χ4n) is 1.45. The maximum Gasteiger partial charge on any atom is 0.433 e. The predicted octanol–water partition coefficient (Wildman–Crippen LogP) is 2.01. The zero-order valence-electron chi connectivity index (χ0n) is 11.2. The molecule has 1 rings (SSSR count). The molecule has 8 heteroatoms. The van der Waals surface area contributed by atoms with Crippen LogP contribution in [0.3, 0.4) is 0 Å². The van der Waals surface area contributed by atoms with Gasteiger partial charge in [-0.15, -0.1) is 0 Å². The van der Waals surface area contributed by atoms with Gasteiger partial charge < -0.3 is 16.4 Å². The number of amides is 1. The van der Waals surface area contributed by atoms with Crippen molar-refractivity contribution in [2.45, 2.75) is 32.5 Å². The Hall–Kier alpha value is -1.99. The normalized spacial score (nSPS) is 12.8. The zero-order chi connectivity index (χ0) is 15.3. The highest BCUT2D eigenvalue weighted by Crippen LogP contribution is 2.31. The first-order valence-corrected chi connectivity index (χ1v) is 6.12. The molecule has 0 spiro atoms. The van der Waals surface area contributed by atoms with Gasteiger partial charge in [-0.05, 0) is 19.4 Å². The Kier molecular flexibility index (Phi) is 5.18. The van der Waals surface area contributed by atoms with E-state index in [9.17, 15) is 18.0 Å². The molecule has 0 radical (unpaired) electrons. The van der Waals surface area contributed by atoms with Gasteiger partial charge in [-0.25, -0.2) is 4.98 Å². The Labute approximate surface area is 114 Å². The number of anilines is 2. The summed E-state index contributed by atoms with van der Waals surface area (Å²) < 4.78 is 37.7. The monoisotopic (exact) mass is 290 g/mol. The van der Waals surface area contributed by atoms with E-state index in [0.717, 1.165) is 18.7 Å². The molecule has 0 aliphatic carbocycles. The molecule has 0 aromatic carbocycles. The lowest BCUT2D eigenvalue weighted by Crippen LogP contribution is -2.38. The lowest BCUT2D eigenvalue weighted by atomic mass is 10.2. The molecular weight excluding hydrogens is 273 g/mol. The van der Waals surface area contributed by atoms with E-state index in [1.165, 1.54) is 6.92 Å². The van der Waals surface area contributed by atoms with Gasteiger partial charge in [0.25, 0.3) is 0 Å². The molecule has 1 heterocycles. The van der Waals surface area contributed by atoms with Crippen LogP contribution in [0.15, 0.2) is 12.3 Å². The third-order valence-corrected chi connectivity index (χ3v) is 2.54. The molecule has 112 valence electrons. The highest BCUT2D eigenvalue weighted by atomic mass is 19.4. The van der Waals surface area contributed by atoms with Gasteiger partial charge in [0.1, 0.15) is 11.7 Å². The fraction of sp³-hybridized carbons (Fsp3) is 0.500. The minimum atomic E-state index is -4.56. The molecule has 0 fully saturated rings. The molecule has 20 heavy (non-hydrogen) atoms. The standard InChI is InChI=1S/C12H17F3N4O/c1-3-4-17-11(20)7(2)19-9-5-10(12(13,14)15)18-6-8(9)16/h5-7H,3-4,16H2,1-2H3,(H,17,20)(H,18,19). The summed E-state index contributed by atoms with van der Waals surface area (Å²) in [6.45, 7) is 3.94. The zero-order valence-corrected chi connectivity index (χ0v) is 11.2. The average molecular weight is 290 g/mol. The highest BCUT2D eigenvalue weighted by molar-refractivity contribution is 5.85. The van der Waals surface area contributed by atoms with Crippen LogP contribution in [0.1, 0.15) is 26.0 Å². The number of nitrogens with zero attached hydrogens (tertiary/aromatic N) is 1. The second-order valence-corrected chi connectivity index (χ2v) is 4.31. The molecule has 1 amide bonds. The third kappa shape index (κ3) is 4.29. The number of nitrogens with one attached hydrogen (secondary N) is 2. The first-order valence-electron chi connectivity index (χ1n) is 6.12. The van der Waals surface area contributed by atoms with Crippen molar-refractivity contribution >= 4 is 17.3 Å². The van der Waals surface area contributed by atoms with Crippen molar-refractivity contribution < 1.29 is 18.0 Å². The highest BCUT2D eigenvalue weighted by Gasteiger charge is 2.33. The molecule has 0 aliphatic heterocycles. The average Bonchev–Trinajstić information content (AvgIpc) is 2.37. The molecule has 5 nitrogen and oxygen atoms in total. The van der Waals surface area contributed by atoms with Gasteiger partial charge in [0, 0.05) is 6.54 Å². The Balaban J connectivity index is 2.83. The number of pyridine rings is 1. The van der Waals surface area contributed by atoms with Crippen LogP contribution >= 0.6 is 0 Å². The Morgan fingerprint density at radius 3 is 2.70 bits per heavy atom. The van der Waals surface area contributed by atoms with Gasteiger partial charge >= 0.3 is 6.18 Å². The number of halogens is 3. The van der Waals surface area contributed by atoms with E-state index in [4.69, 9.17) is 5.73 Å². The topological polar surface area (TPSA) is 80.0 Å². The molecule has 0 saturated heterocycles. The van der Waals surface area contributed by atoms with Crippen LogP contribution in [0.5, 0.6) is 0 Å². The number of carbonyl (C=O) groups is 1. The van der Waals surface area contributed by atoms with E-state index < -0.39 is 17.9 Å². The first-order chi connectivity index (χ1) is 9.25. The molecule has 1 atom stereocenters. The van der Waals surface area contributed by atoms with Gasteiger partial charge in [-0.3, -0.25) is 4.79 Å². The number of hydrogen-bond acceptors (Lipinski definition) is 4. The fourth-order valence-corrected chi connectivity index (χ4v) is 1.45. The van der Waals surface area contributed by atoms with Gasteiger partial charge in [0.2, 0.25) is 5.91 Å². The van der Waals surface area contributed by atoms with Crippen LogP contribution < -0.4 is 16.4 Å². The molecular formula is C12H17F3N4O. The smallest absolute Gasteiger partial charge is 0.396 e. The van der Waals surface area contributed by atoms with E-state index in [0.29, 0.717) is 6.54 Å². The Bertz CT molecular complexity index is 476. The number of nitrogens with two attached hydrogens (primary N) is 1. The number of nitrogen functional groups attached to an aromatic ring is 1. The summed E-state index contributed by atoms with van der Waals surface area (Å²) >= 11 is 0. The lowest BCUT2D eigenvalue weighted by Gasteiger charge is -2.17. The number of alkyl halides is 3. The van der Waals surface area contributed by atoms with Crippen molar-refractivity contribution in [3.05, 3.63) is 18.0 Å². The largest absolute Gasteiger partial charge is 0.433 e. The van der Waals surface area contributed by atoms with Gasteiger partial charge in [0.15, 0.2) is 0 Å². The number of aromatic nitrogens is 1. The second kappa shape index (κ2) is 6.44. The number of rotatable bonds is 5. The van der Waals surface area contributed by atoms with Crippen molar-refractivity contribution in [1.82, 2.24) is 10.3 Å². The maximum atomic E-state index is 12.6. The molecule has 0 aliphatic rings. The van der Waals surface area contributed by atoms with Crippen LogP contribution in [0.4, 0.5) is 24.5 Å². The molecule has 1 aromatic heterocycles. The van der Waals surface area contributed by atoms with E-state index in [-0.39, 0.29) is 17.3 Å². The summed E-state index contributed by atoms with van der Waals surface area (Å²) in [5.41, 5.74) is 4.58. The van der Waals surface area contributed by atoms with E-state index >= 15 is 0 Å². The number of carbonyl (C=O) groups excluding carboxylic acids is 1. The van der Waals surface area contributed by atoms with Crippen molar-refractivity contribution in [3.8, 4) is 0 Å². The molecule has 1 aromatic rings. The van der Waals surface area contributed by atoms with Gasteiger partial charge in [-0.1, -0.05) is 6.92 Å². The Morgan fingerprint density at radius 2 is 2.15 bits per heavy atom. The SMILES string of the molecule is CCCNC(=O)C(C)Nc1cc(C(F)(F)F)ncc1N. The lowest BCUT2D eigenvalue weighted by molar-refractivity contribution is -0.141. The molecule has 0 bridgehead atoms. The predicted molar refractivity (Wildman–Crippen MR) is 70.0 cm³/mol. The molecule has 4 N–H and O–H groups in total. The summed E-state index contributed by atoms with van der Waals surface area (Å²) in [5, 5.41) is 5.29. The minimum absolute atomic E-state index is 0.0338. The van der Waals surface area contributed by atoms with Crippen molar-refractivity contribution in [3.63, 3.8) is 0 Å². The van der Waals surface area contributed by atoms with E-state index in [2.05, 4.69) is 15.6 Å². The van der Waals surface area contributed by atoms with Crippen LogP contribution in [-0.4, -0.2) is 23.5 Å². The third-order valence-electron chi connectivity index (χ3n) is 2.54. The van der Waals surface area contributed by atoms with E-state index in [1.807, 2.05) is 6.92 Å². The maximum absolute atomic E-state index is 12.6. The van der Waals surface area contributed by atoms with Gasteiger partial charge in [-0.2, -0.15) is 13.2 Å². The van der Waals surface area contributed by atoms with Crippen molar-refractivity contribution in [2.75, 3.05) is 17.6 Å². The first kappa shape index (κ1) is 16.1. The number of hydrogen-bond donors (Lipinski definition) is 3. The van der Waals surface area contributed by atoms with E-state index in [1.54, 1.807) is 0 Å². The molecule has 1 unspecified atom stereocenters. The summed E-state index contributed by atoms with van der Waals surface area (Å²) in [6.07, 6.45) is -2.87. The summed E-state index contributed by atoms with van der Waals surface area (Å²) in [7, 11) is 0. The summed E-state index contributed by atoms with van der Waals surface area (Å²) in [6, 6.07) is 0.0891. The summed E-state index contributed by atoms with van der Waals surface area (Å²) in [5.74, 6) is -0.309. The van der Waals surface area contributed by atoms with Crippen molar-refractivity contribution in [2.24, 2.45) is 0 Å².